The van der Waals surface area contributed by atoms with Gasteiger partial charge in [-0.25, -0.2) is 4.98 Å². The molecule has 5 nitrogen and oxygen atoms in total. The fraction of sp³-hybridized carbons (Fsp3) is 0.250. The van der Waals surface area contributed by atoms with Gasteiger partial charge < -0.3 is 10.1 Å². The first-order valence-corrected chi connectivity index (χ1v) is 7.13. The van der Waals surface area contributed by atoms with Crippen molar-refractivity contribution < 1.29 is 9.13 Å². The van der Waals surface area contributed by atoms with Crippen LogP contribution in [0, 0.1) is 0 Å². The molecule has 0 aliphatic carbocycles. The van der Waals surface area contributed by atoms with E-state index in [0.717, 1.165) is 17.1 Å². The highest BCUT2D eigenvalue weighted by molar-refractivity contribution is 5.63. The largest absolute Gasteiger partial charge is 0.493 e. The molecule has 0 atom stereocenters. The van der Waals surface area contributed by atoms with Crippen molar-refractivity contribution in [2.45, 2.75) is 6.42 Å². The van der Waals surface area contributed by atoms with Crippen molar-refractivity contribution in [3.05, 3.63) is 42.7 Å². The van der Waals surface area contributed by atoms with Gasteiger partial charge in [0.05, 0.1) is 19.0 Å². The highest BCUT2D eigenvalue weighted by Gasteiger charge is 2.07. The summed E-state index contributed by atoms with van der Waals surface area (Å²) in [5.41, 5.74) is 1.76. The molecular weight excluding hydrogens is 283 g/mol. The monoisotopic (exact) mass is 300 g/mol. The van der Waals surface area contributed by atoms with Crippen LogP contribution < -0.4 is 10.1 Å². The Morgan fingerprint density at radius 3 is 3.00 bits per heavy atom. The first-order chi connectivity index (χ1) is 10.8. The highest BCUT2D eigenvalue weighted by Crippen LogP contribution is 2.23. The van der Waals surface area contributed by atoms with E-state index < -0.39 is 0 Å². The fourth-order valence-corrected chi connectivity index (χ4v) is 2.14. The van der Waals surface area contributed by atoms with Gasteiger partial charge in [0, 0.05) is 31.4 Å². The minimum absolute atomic E-state index is 0.369. The van der Waals surface area contributed by atoms with E-state index in [0.29, 0.717) is 24.6 Å². The van der Waals surface area contributed by atoms with Crippen molar-refractivity contribution >= 4 is 11.6 Å². The molecule has 0 radical (unpaired) electrons. The molecule has 0 bridgehead atoms. The SMILES string of the molecule is CNc1ccn2cc(-c3cccc(OCCCF)c3)nc2n1. The van der Waals surface area contributed by atoms with Gasteiger partial charge in [0.2, 0.25) is 5.78 Å². The number of benzene rings is 1. The molecule has 0 spiro atoms. The van der Waals surface area contributed by atoms with Crippen molar-refractivity contribution in [1.29, 1.82) is 0 Å². The second-order valence-corrected chi connectivity index (χ2v) is 4.82. The van der Waals surface area contributed by atoms with Crippen LogP contribution in [-0.4, -0.2) is 34.7 Å². The van der Waals surface area contributed by atoms with Crippen LogP contribution in [0.4, 0.5) is 10.2 Å². The second-order valence-electron chi connectivity index (χ2n) is 4.82. The Hall–Kier alpha value is -2.63. The molecule has 2 heterocycles. The Labute approximate surface area is 127 Å². The van der Waals surface area contributed by atoms with Gasteiger partial charge in [-0.3, -0.25) is 8.79 Å². The zero-order chi connectivity index (χ0) is 15.4. The number of hydrogen-bond acceptors (Lipinski definition) is 4. The first kappa shape index (κ1) is 14.3. The second kappa shape index (κ2) is 6.43. The van der Waals surface area contributed by atoms with Crippen molar-refractivity contribution in [3.63, 3.8) is 0 Å². The third-order valence-corrected chi connectivity index (χ3v) is 3.26. The number of rotatable bonds is 6. The molecule has 0 amide bonds. The van der Waals surface area contributed by atoms with Crippen LogP contribution in [-0.2, 0) is 0 Å². The first-order valence-electron chi connectivity index (χ1n) is 7.13. The van der Waals surface area contributed by atoms with E-state index in [2.05, 4.69) is 15.3 Å². The third kappa shape index (κ3) is 3.00. The quantitative estimate of drug-likeness (QED) is 0.710. The highest BCUT2D eigenvalue weighted by atomic mass is 19.1. The van der Waals surface area contributed by atoms with Gasteiger partial charge in [-0.15, -0.1) is 0 Å². The molecule has 114 valence electrons. The average Bonchev–Trinajstić information content (AvgIpc) is 2.98. The summed E-state index contributed by atoms with van der Waals surface area (Å²) in [6.45, 7) is 0.00377. The number of hydrogen-bond donors (Lipinski definition) is 1. The molecule has 0 aliphatic heterocycles. The lowest BCUT2D eigenvalue weighted by Gasteiger charge is -2.05. The van der Waals surface area contributed by atoms with Crippen LogP contribution in [0.1, 0.15) is 6.42 Å². The summed E-state index contributed by atoms with van der Waals surface area (Å²) >= 11 is 0. The number of imidazole rings is 1. The van der Waals surface area contributed by atoms with E-state index in [-0.39, 0.29) is 6.67 Å². The number of ether oxygens (including phenoxy) is 1. The molecule has 0 saturated carbocycles. The molecule has 22 heavy (non-hydrogen) atoms. The fourth-order valence-electron chi connectivity index (χ4n) is 2.14. The molecule has 2 aromatic heterocycles. The van der Waals surface area contributed by atoms with Crippen molar-refractivity contribution in [3.8, 4) is 17.0 Å². The van der Waals surface area contributed by atoms with Gasteiger partial charge in [0.25, 0.3) is 0 Å². The van der Waals surface area contributed by atoms with Crippen molar-refractivity contribution in [2.75, 3.05) is 25.6 Å². The molecule has 1 N–H and O–H groups in total. The summed E-state index contributed by atoms with van der Waals surface area (Å²) in [5, 5.41) is 2.99. The Kier molecular flexibility index (Phi) is 4.18. The topological polar surface area (TPSA) is 51.5 Å². The standard InChI is InChI=1S/C16H17FN4O/c1-18-15-6-8-21-11-14(19-16(21)20-15)12-4-2-5-13(10-12)22-9-3-7-17/h2,4-6,8,10-11H,3,7,9H2,1H3,(H,18,19,20). The van der Waals surface area contributed by atoms with Crippen LogP contribution in [0.5, 0.6) is 5.75 Å². The van der Waals surface area contributed by atoms with Crippen LogP contribution in [0.2, 0.25) is 0 Å². The summed E-state index contributed by atoms with van der Waals surface area (Å²) in [6.07, 6.45) is 4.23. The summed E-state index contributed by atoms with van der Waals surface area (Å²) in [5.74, 6) is 2.12. The third-order valence-electron chi connectivity index (χ3n) is 3.26. The smallest absolute Gasteiger partial charge is 0.236 e. The minimum atomic E-state index is -0.369. The lowest BCUT2D eigenvalue weighted by Crippen LogP contribution is -1.97. The maximum Gasteiger partial charge on any atom is 0.236 e. The number of halogens is 1. The van der Waals surface area contributed by atoms with Crippen LogP contribution in [0.15, 0.2) is 42.7 Å². The normalized spacial score (nSPS) is 10.8. The minimum Gasteiger partial charge on any atom is -0.493 e. The molecule has 3 rings (SSSR count). The zero-order valence-electron chi connectivity index (χ0n) is 12.3. The molecule has 0 fully saturated rings. The predicted molar refractivity (Wildman–Crippen MR) is 84.1 cm³/mol. The molecule has 0 saturated heterocycles. The number of fused-ring (bicyclic) bond motifs is 1. The van der Waals surface area contributed by atoms with Gasteiger partial charge in [0.15, 0.2) is 0 Å². The number of nitrogens with one attached hydrogen (secondary N) is 1. The number of aromatic nitrogens is 3. The summed E-state index contributed by atoms with van der Waals surface area (Å²) in [4.78, 5) is 8.92. The van der Waals surface area contributed by atoms with Crippen molar-refractivity contribution in [2.24, 2.45) is 0 Å². The lowest BCUT2D eigenvalue weighted by atomic mass is 10.1. The van der Waals surface area contributed by atoms with E-state index in [1.54, 1.807) is 0 Å². The molecule has 0 unspecified atom stereocenters. The Morgan fingerprint density at radius 1 is 1.27 bits per heavy atom. The van der Waals surface area contributed by atoms with Crippen molar-refractivity contribution in [1.82, 2.24) is 14.4 Å². The summed E-state index contributed by atoms with van der Waals surface area (Å²) in [7, 11) is 1.82. The van der Waals surface area contributed by atoms with E-state index in [4.69, 9.17) is 4.74 Å². The van der Waals surface area contributed by atoms with E-state index >= 15 is 0 Å². The lowest BCUT2D eigenvalue weighted by molar-refractivity contribution is 0.290. The molecular formula is C16H17FN4O. The molecule has 3 aromatic rings. The zero-order valence-corrected chi connectivity index (χ0v) is 12.3. The summed E-state index contributed by atoms with van der Waals surface area (Å²) < 4.78 is 19.5. The maximum atomic E-state index is 12.1. The van der Waals surface area contributed by atoms with Crippen LogP contribution >= 0.6 is 0 Å². The van der Waals surface area contributed by atoms with Gasteiger partial charge in [-0.1, -0.05) is 12.1 Å². The predicted octanol–water partition coefficient (Wildman–Crippen LogP) is 3.18. The van der Waals surface area contributed by atoms with Gasteiger partial charge in [-0.05, 0) is 18.2 Å². The Bertz CT molecular complexity index is 772. The number of alkyl halides is 1. The van der Waals surface area contributed by atoms with Gasteiger partial charge in [-0.2, -0.15) is 4.98 Å². The van der Waals surface area contributed by atoms with Gasteiger partial charge in [0.1, 0.15) is 11.6 Å². The molecule has 1 aromatic carbocycles. The van der Waals surface area contributed by atoms with E-state index in [1.807, 2.05) is 54.2 Å². The van der Waals surface area contributed by atoms with Crippen LogP contribution in [0.25, 0.3) is 17.0 Å². The van der Waals surface area contributed by atoms with E-state index in [9.17, 15) is 4.39 Å². The Morgan fingerprint density at radius 2 is 2.18 bits per heavy atom. The maximum absolute atomic E-state index is 12.1. The number of nitrogens with zero attached hydrogens (tertiary/aromatic N) is 3. The van der Waals surface area contributed by atoms with Crippen LogP contribution in [0.3, 0.4) is 0 Å². The Balaban J connectivity index is 1.88. The summed E-state index contributed by atoms with van der Waals surface area (Å²) in [6, 6.07) is 9.50. The molecule has 0 aliphatic rings. The average molecular weight is 300 g/mol. The van der Waals surface area contributed by atoms with E-state index in [1.165, 1.54) is 0 Å². The number of anilines is 1. The van der Waals surface area contributed by atoms with Gasteiger partial charge >= 0.3 is 0 Å². The molecule has 6 heteroatoms.